The van der Waals surface area contributed by atoms with Crippen LogP contribution >= 0.6 is 22.6 Å². The van der Waals surface area contributed by atoms with Gasteiger partial charge in [0.2, 0.25) is 11.7 Å². The van der Waals surface area contributed by atoms with E-state index in [2.05, 4.69) is 15.3 Å². The molecule has 4 rings (SSSR count). The summed E-state index contributed by atoms with van der Waals surface area (Å²) in [5, 5.41) is 3.71. The first-order chi connectivity index (χ1) is 14.5. The Morgan fingerprint density at radius 2 is 2.23 bits per heavy atom. The Bertz CT molecular complexity index is 1230. The standard InChI is InChI=1S/C21H15FIN3O4/c1-11-7-13(22)4-5-15(11)26-20-17(21(28)29-10-23)18(27)16(30-20)8-12-9-25-19-14(12)3-2-6-24-19/h2-9,26H,10H2,1H3,(H,24,25)/b16-8-. The van der Waals surface area contributed by atoms with E-state index in [1.165, 1.54) is 24.3 Å². The fraction of sp³-hybridized carbons (Fsp3) is 0.0952. The predicted molar refractivity (Wildman–Crippen MR) is 117 cm³/mol. The molecular formula is C21H15FIN3O4. The van der Waals surface area contributed by atoms with E-state index in [4.69, 9.17) is 9.47 Å². The fourth-order valence-corrected chi connectivity index (χ4v) is 3.33. The van der Waals surface area contributed by atoms with Gasteiger partial charge in [0.25, 0.3) is 0 Å². The van der Waals surface area contributed by atoms with Gasteiger partial charge in [-0.15, -0.1) is 0 Å². The van der Waals surface area contributed by atoms with Gasteiger partial charge < -0.3 is 19.8 Å². The van der Waals surface area contributed by atoms with E-state index >= 15 is 0 Å². The molecule has 7 nitrogen and oxygen atoms in total. The van der Waals surface area contributed by atoms with Crippen LogP contribution in [-0.4, -0.2) is 26.3 Å². The Labute approximate surface area is 184 Å². The summed E-state index contributed by atoms with van der Waals surface area (Å²) in [4.78, 5) is 32.6. The summed E-state index contributed by atoms with van der Waals surface area (Å²) < 4.78 is 24.2. The van der Waals surface area contributed by atoms with Crippen LogP contribution in [0.1, 0.15) is 11.1 Å². The number of esters is 1. The van der Waals surface area contributed by atoms with Crippen LogP contribution in [0, 0.1) is 12.7 Å². The van der Waals surface area contributed by atoms with E-state index in [9.17, 15) is 14.0 Å². The maximum atomic E-state index is 13.4. The number of anilines is 1. The number of nitrogens with one attached hydrogen (secondary N) is 2. The lowest BCUT2D eigenvalue weighted by molar-refractivity contribution is -0.137. The number of carbonyl (C=O) groups is 2. The van der Waals surface area contributed by atoms with Crippen molar-refractivity contribution in [2.45, 2.75) is 6.92 Å². The van der Waals surface area contributed by atoms with Gasteiger partial charge in [-0.25, -0.2) is 14.2 Å². The number of carbonyl (C=O) groups excluding carboxylic acids is 2. The summed E-state index contributed by atoms with van der Waals surface area (Å²) in [5.41, 5.74) is 2.17. The van der Waals surface area contributed by atoms with Crippen molar-refractivity contribution < 1.29 is 23.5 Å². The second kappa shape index (κ2) is 8.27. The lowest BCUT2D eigenvalue weighted by Crippen LogP contribution is -2.15. The van der Waals surface area contributed by atoms with Crippen LogP contribution in [0.3, 0.4) is 0 Å². The second-order valence-corrected chi connectivity index (χ2v) is 7.04. The number of hydrogen-bond donors (Lipinski definition) is 2. The van der Waals surface area contributed by atoms with Gasteiger partial charge in [0.05, 0.1) is 0 Å². The number of hydrogen-bond acceptors (Lipinski definition) is 6. The molecule has 0 aliphatic carbocycles. The van der Waals surface area contributed by atoms with Crippen molar-refractivity contribution in [3.8, 4) is 0 Å². The van der Waals surface area contributed by atoms with Crippen molar-refractivity contribution >= 4 is 57.1 Å². The number of aromatic amines is 1. The molecule has 2 aromatic heterocycles. The van der Waals surface area contributed by atoms with Crippen molar-refractivity contribution in [3.05, 3.63) is 76.9 Å². The zero-order chi connectivity index (χ0) is 21.3. The number of H-pyrrole nitrogens is 1. The van der Waals surface area contributed by atoms with Crippen LogP contribution in [0.25, 0.3) is 17.1 Å². The summed E-state index contributed by atoms with van der Waals surface area (Å²) in [5.74, 6) is -1.91. The van der Waals surface area contributed by atoms with Crippen molar-refractivity contribution in [1.82, 2.24) is 9.97 Å². The molecule has 0 saturated heterocycles. The van der Waals surface area contributed by atoms with Crippen LogP contribution < -0.4 is 5.32 Å². The Morgan fingerprint density at radius 3 is 3.00 bits per heavy atom. The second-order valence-electron chi connectivity index (χ2n) is 6.41. The highest BCUT2D eigenvalue weighted by Gasteiger charge is 2.37. The summed E-state index contributed by atoms with van der Waals surface area (Å²) in [7, 11) is 0. The van der Waals surface area contributed by atoms with E-state index in [1.807, 2.05) is 28.7 Å². The van der Waals surface area contributed by atoms with Crippen LogP contribution in [0.4, 0.5) is 10.1 Å². The molecule has 0 amide bonds. The first kappa shape index (κ1) is 20.1. The van der Waals surface area contributed by atoms with Gasteiger partial charge >= 0.3 is 5.97 Å². The molecule has 9 heteroatoms. The van der Waals surface area contributed by atoms with Gasteiger partial charge in [0.1, 0.15) is 16.1 Å². The third-order valence-corrected chi connectivity index (χ3v) is 4.80. The third kappa shape index (κ3) is 3.80. The van der Waals surface area contributed by atoms with Crippen molar-refractivity contribution in [2.75, 3.05) is 9.93 Å². The minimum absolute atomic E-state index is 0.0394. The van der Waals surface area contributed by atoms with Crippen molar-refractivity contribution in [3.63, 3.8) is 0 Å². The molecule has 0 unspecified atom stereocenters. The molecule has 1 aliphatic rings. The monoisotopic (exact) mass is 519 g/mol. The molecule has 2 N–H and O–H groups in total. The van der Waals surface area contributed by atoms with Crippen LogP contribution in [0.2, 0.25) is 0 Å². The maximum Gasteiger partial charge on any atom is 0.348 e. The van der Waals surface area contributed by atoms with Crippen LogP contribution in [0.5, 0.6) is 0 Å². The number of nitrogens with zero attached hydrogens (tertiary/aromatic N) is 1. The molecule has 0 radical (unpaired) electrons. The zero-order valence-corrected chi connectivity index (χ0v) is 17.8. The largest absolute Gasteiger partial charge is 0.451 e. The number of fused-ring (bicyclic) bond motifs is 1. The van der Waals surface area contributed by atoms with Gasteiger partial charge in [-0.05, 0) is 71.5 Å². The molecule has 0 spiro atoms. The highest BCUT2D eigenvalue weighted by atomic mass is 127. The van der Waals surface area contributed by atoms with Crippen molar-refractivity contribution in [1.29, 1.82) is 0 Å². The van der Waals surface area contributed by atoms with Gasteiger partial charge in [-0.3, -0.25) is 4.79 Å². The quantitative estimate of drug-likeness (QED) is 0.173. The molecule has 30 heavy (non-hydrogen) atoms. The number of halogens is 2. The minimum Gasteiger partial charge on any atom is -0.451 e. The van der Waals surface area contributed by atoms with Crippen molar-refractivity contribution in [2.24, 2.45) is 0 Å². The molecular weight excluding hydrogens is 504 g/mol. The fourth-order valence-electron chi connectivity index (χ4n) is 3.05. The third-order valence-electron chi connectivity index (χ3n) is 4.49. The first-order valence-corrected chi connectivity index (χ1v) is 10.4. The van der Waals surface area contributed by atoms with Gasteiger partial charge in [0, 0.05) is 29.0 Å². The first-order valence-electron chi connectivity index (χ1n) is 8.85. The van der Waals surface area contributed by atoms with E-state index in [-0.39, 0.29) is 21.8 Å². The van der Waals surface area contributed by atoms with E-state index < -0.39 is 17.6 Å². The molecule has 1 aromatic carbocycles. The highest BCUT2D eigenvalue weighted by molar-refractivity contribution is 14.1. The Balaban J connectivity index is 1.72. The van der Waals surface area contributed by atoms with E-state index in [0.29, 0.717) is 22.5 Å². The molecule has 0 saturated carbocycles. The Hall–Kier alpha value is -3.21. The molecule has 152 valence electrons. The number of benzene rings is 1. The average molecular weight is 519 g/mol. The normalized spacial score (nSPS) is 15.0. The summed E-state index contributed by atoms with van der Waals surface area (Å²) in [6.07, 6.45) is 4.88. The van der Waals surface area contributed by atoms with Crippen LogP contribution in [0.15, 0.2) is 59.9 Å². The minimum atomic E-state index is -0.805. The number of alkyl halides is 1. The zero-order valence-electron chi connectivity index (χ0n) is 15.7. The summed E-state index contributed by atoms with van der Waals surface area (Å²) >= 11 is 1.86. The number of rotatable bonds is 5. The molecule has 0 bridgehead atoms. The highest BCUT2D eigenvalue weighted by Crippen LogP contribution is 2.31. The lowest BCUT2D eigenvalue weighted by Gasteiger charge is -2.11. The molecule has 0 fully saturated rings. The number of ketones is 1. The number of ether oxygens (including phenoxy) is 2. The lowest BCUT2D eigenvalue weighted by atomic mass is 10.1. The maximum absolute atomic E-state index is 13.4. The van der Waals surface area contributed by atoms with Gasteiger partial charge in [-0.2, -0.15) is 0 Å². The van der Waals surface area contributed by atoms with E-state index in [0.717, 1.165) is 5.39 Å². The molecule has 3 aromatic rings. The van der Waals surface area contributed by atoms with Gasteiger partial charge in [-0.1, -0.05) is 0 Å². The molecule has 3 heterocycles. The number of allylic oxidation sites excluding steroid dienone is 1. The Morgan fingerprint density at radius 1 is 1.40 bits per heavy atom. The van der Waals surface area contributed by atoms with Gasteiger partial charge in [0.15, 0.2) is 11.3 Å². The molecule has 0 atom stereocenters. The smallest absolute Gasteiger partial charge is 0.348 e. The number of Topliss-reactive ketones (excluding diaryl/α,β-unsaturated/α-hetero) is 1. The summed E-state index contributed by atoms with van der Waals surface area (Å²) in [6.45, 7) is 1.70. The number of pyridine rings is 1. The van der Waals surface area contributed by atoms with Crippen LogP contribution in [-0.2, 0) is 19.1 Å². The topological polar surface area (TPSA) is 93.3 Å². The summed E-state index contributed by atoms with van der Waals surface area (Å²) in [6, 6.07) is 7.73. The van der Waals surface area contributed by atoms with E-state index in [1.54, 1.807) is 25.4 Å². The number of aryl methyl sites for hydroxylation is 1. The predicted octanol–water partition coefficient (Wildman–Crippen LogP) is 4.21. The average Bonchev–Trinajstić information content (AvgIpc) is 3.26. The Kier molecular flexibility index (Phi) is 5.53. The number of aromatic nitrogens is 2. The SMILES string of the molecule is Cc1cc(F)ccc1NC1=C(C(=O)OCI)C(=O)/C(=C/c2c[nH]c3ncccc23)O1. The molecule has 1 aliphatic heterocycles.